The van der Waals surface area contributed by atoms with Crippen molar-refractivity contribution in [3.8, 4) is 5.75 Å². The molecule has 1 N–H and O–H groups in total. The first kappa shape index (κ1) is 18.9. The van der Waals surface area contributed by atoms with Gasteiger partial charge in [0.05, 0.1) is 0 Å². The fourth-order valence-corrected chi connectivity index (χ4v) is 2.95. The molecule has 3 nitrogen and oxygen atoms in total. The van der Waals surface area contributed by atoms with E-state index in [0.717, 1.165) is 22.6 Å². The maximum Gasteiger partial charge on any atom is 0.261 e. The summed E-state index contributed by atoms with van der Waals surface area (Å²) in [6, 6.07) is 6.04. The lowest BCUT2D eigenvalue weighted by atomic mass is 10.1. The predicted molar refractivity (Wildman–Crippen MR) is 95.8 cm³/mol. The van der Waals surface area contributed by atoms with E-state index in [9.17, 15) is 4.79 Å². The van der Waals surface area contributed by atoms with Gasteiger partial charge in [-0.25, -0.2) is 0 Å². The van der Waals surface area contributed by atoms with E-state index in [1.807, 2.05) is 44.7 Å². The van der Waals surface area contributed by atoms with Crippen LogP contribution in [0, 0.1) is 13.8 Å². The lowest BCUT2D eigenvalue weighted by Crippen LogP contribution is -2.39. The van der Waals surface area contributed by atoms with E-state index in [0.29, 0.717) is 13.0 Å². The topological polar surface area (TPSA) is 38.3 Å². The van der Waals surface area contributed by atoms with Gasteiger partial charge < -0.3 is 10.1 Å². The van der Waals surface area contributed by atoms with Crippen molar-refractivity contribution in [3.63, 3.8) is 0 Å². The number of thioether (sulfide) groups is 1. The minimum Gasteiger partial charge on any atom is -0.481 e. The summed E-state index contributed by atoms with van der Waals surface area (Å²) in [5.41, 5.74) is 2.29. The molecule has 1 unspecified atom stereocenters. The smallest absolute Gasteiger partial charge is 0.261 e. The average molecular weight is 324 g/mol. The molecule has 0 spiro atoms. The monoisotopic (exact) mass is 323 g/mol. The van der Waals surface area contributed by atoms with Crippen molar-refractivity contribution in [2.24, 2.45) is 0 Å². The number of aryl methyl sites for hydroxylation is 2. The third-order valence-corrected chi connectivity index (χ3v) is 4.35. The molecule has 0 aliphatic heterocycles. The van der Waals surface area contributed by atoms with Crippen LogP contribution in [0.25, 0.3) is 0 Å². The molecule has 22 heavy (non-hydrogen) atoms. The number of carbonyl (C=O) groups is 1. The number of nitrogens with one attached hydrogen (secondary N) is 1. The van der Waals surface area contributed by atoms with E-state index in [4.69, 9.17) is 4.74 Å². The van der Waals surface area contributed by atoms with Crippen molar-refractivity contribution in [1.82, 2.24) is 5.32 Å². The summed E-state index contributed by atoms with van der Waals surface area (Å²) >= 11 is 1.85. The van der Waals surface area contributed by atoms with E-state index >= 15 is 0 Å². The third kappa shape index (κ3) is 7.21. The summed E-state index contributed by atoms with van der Waals surface area (Å²) in [6.45, 7) is 13.2. The first-order valence-corrected chi connectivity index (χ1v) is 8.86. The van der Waals surface area contributed by atoms with E-state index in [1.165, 1.54) is 0 Å². The maximum absolute atomic E-state index is 12.2. The quantitative estimate of drug-likeness (QED) is 0.768. The van der Waals surface area contributed by atoms with Crippen LogP contribution in [0.5, 0.6) is 5.75 Å². The van der Waals surface area contributed by atoms with Crippen molar-refractivity contribution in [1.29, 1.82) is 0 Å². The van der Waals surface area contributed by atoms with Crippen LogP contribution in [-0.4, -0.2) is 29.1 Å². The van der Waals surface area contributed by atoms with Gasteiger partial charge in [0.1, 0.15) is 5.75 Å². The fourth-order valence-electron chi connectivity index (χ4n) is 2.13. The molecule has 124 valence electrons. The normalized spacial score (nSPS) is 12.8. The molecule has 0 fully saturated rings. The zero-order valence-corrected chi connectivity index (χ0v) is 15.5. The lowest BCUT2D eigenvalue weighted by molar-refractivity contribution is -0.127. The molecule has 1 amide bonds. The molecule has 1 rings (SSSR count). The molecule has 0 heterocycles. The second-order valence-electron chi connectivity index (χ2n) is 6.59. The molecule has 1 aromatic rings. The van der Waals surface area contributed by atoms with Crippen LogP contribution in [0.1, 0.15) is 45.2 Å². The highest BCUT2D eigenvalue weighted by Gasteiger charge is 2.18. The van der Waals surface area contributed by atoms with Gasteiger partial charge in [-0.1, -0.05) is 33.8 Å². The Hall–Kier alpha value is -1.16. The Morgan fingerprint density at radius 2 is 1.82 bits per heavy atom. The number of rotatable bonds is 7. The molecule has 0 saturated heterocycles. The van der Waals surface area contributed by atoms with Crippen LogP contribution in [0.3, 0.4) is 0 Å². The Labute approximate surface area is 139 Å². The number of hydrogen-bond donors (Lipinski definition) is 1. The highest BCUT2D eigenvalue weighted by Crippen LogP contribution is 2.22. The van der Waals surface area contributed by atoms with Gasteiger partial charge in [0, 0.05) is 17.0 Å². The Morgan fingerprint density at radius 1 is 1.23 bits per heavy atom. The van der Waals surface area contributed by atoms with E-state index in [1.54, 1.807) is 0 Å². The SMILES string of the molecule is CCC(Oc1cc(C)cc(C)c1)C(=O)NCCSC(C)(C)C. The second kappa shape index (κ2) is 8.47. The van der Waals surface area contributed by atoms with Crippen molar-refractivity contribution in [2.45, 2.75) is 58.8 Å². The summed E-state index contributed by atoms with van der Waals surface area (Å²) in [5.74, 6) is 1.65. The first-order chi connectivity index (χ1) is 10.2. The van der Waals surface area contributed by atoms with Crippen molar-refractivity contribution < 1.29 is 9.53 Å². The van der Waals surface area contributed by atoms with Crippen molar-refractivity contribution >= 4 is 17.7 Å². The first-order valence-electron chi connectivity index (χ1n) is 7.88. The van der Waals surface area contributed by atoms with Gasteiger partial charge in [-0.15, -0.1) is 0 Å². The molecular formula is C18H29NO2S. The number of ether oxygens (including phenoxy) is 1. The summed E-state index contributed by atoms with van der Waals surface area (Å²) in [5, 5.41) is 2.97. The summed E-state index contributed by atoms with van der Waals surface area (Å²) in [7, 11) is 0. The highest BCUT2D eigenvalue weighted by molar-refractivity contribution is 8.00. The molecule has 0 aliphatic rings. The molecule has 0 radical (unpaired) electrons. The average Bonchev–Trinajstić information content (AvgIpc) is 2.38. The van der Waals surface area contributed by atoms with Gasteiger partial charge in [-0.2, -0.15) is 11.8 Å². The number of carbonyl (C=O) groups excluding carboxylic acids is 1. The van der Waals surface area contributed by atoms with Gasteiger partial charge in [0.2, 0.25) is 0 Å². The van der Waals surface area contributed by atoms with Crippen LogP contribution >= 0.6 is 11.8 Å². The second-order valence-corrected chi connectivity index (χ2v) is 8.51. The molecule has 0 saturated carbocycles. The Bertz CT molecular complexity index is 474. The Kier molecular flexibility index (Phi) is 7.27. The summed E-state index contributed by atoms with van der Waals surface area (Å²) in [6.07, 6.45) is 0.228. The molecule has 1 atom stereocenters. The molecule has 0 bridgehead atoms. The summed E-state index contributed by atoms with van der Waals surface area (Å²) in [4.78, 5) is 12.2. The van der Waals surface area contributed by atoms with Gasteiger partial charge in [0.15, 0.2) is 6.10 Å². The van der Waals surface area contributed by atoms with Crippen LogP contribution in [0.15, 0.2) is 18.2 Å². The third-order valence-electron chi connectivity index (χ3n) is 3.07. The van der Waals surface area contributed by atoms with Crippen LogP contribution < -0.4 is 10.1 Å². The van der Waals surface area contributed by atoms with Gasteiger partial charge in [-0.05, 0) is 43.5 Å². The van der Waals surface area contributed by atoms with E-state index in [2.05, 4.69) is 32.2 Å². The van der Waals surface area contributed by atoms with E-state index in [-0.39, 0.29) is 10.7 Å². The minimum atomic E-state index is -0.430. The molecular weight excluding hydrogens is 294 g/mol. The maximum atomic E-state index is 12.2. The van der Waals surface area contributed by atoms with Crippen molar-refractivity contribution in [2.75, 3.05) is 12.3 Å². The van der Waals surface area contributed by atoms with Gasteiger partial charge >= 0.3 is 0 Å². The zero-order valence-electron chi connectivity index (χ0n) is 14.7. The Morgan fingerprint density at radius 3 is 2.32 bits per heavy atom. The largest absolute Gasteiger partial charge is 0.481 e. The van der Waals surface area contributed by atoms with E-state index < -0.39 is 6.10 Å². The van der Waals surface area contributed by atoms with Crippen LogP contribution in [0.4, 0.5) is 0 Å². The molecule has 1 aromatic carbocycles. The number of amides is 1. The van der Waals surface area contributed by atoms with Crippen LogP contribution in [0.2, 0.25) is 0 Å². The predicted octanol–water partition coefficient (Wildman–Crippen LogP) is 4.11. The lowest BCUT2D eigenvalue weighted by Gasteiger charge is -2.20. The minimum absolute atomic E-state index is 0.0313. The molecule has 4 heteroatoms. The standard InChI is InChI=1S/C18H29NO2S/c1-7-16(17(20)19-8-9-22-18(4,5)6)21-15-11-13(2)10-14(3)12-15/h10-12,16H,7-9H2,1-6H3,(H,19,20). The highest BCUT2D eigenvalue weighted by atomic mass is 32.2. The van der Waals surface area contributed by atoms with Crippen molar-refractivity contribution in [3.05, 3.63) is 29.3 Å². The van der Waals surface area contributed by atoms with Gasteiger partial charge in [-0.3, -0.25) is 4.79 Å². The number of hydrogen-bond acceptors (Lipinski definition) is 3. The fraction of sp³-hybridized carbons (Fsp3) is 0.611. The van der Waals surface area contributed by atoms with Crippen LogP contribution in [-0.2, 0) is 4.79 Å². The molecule has 0 aliphatic carbocycles. The molecule has 0 aromatic heterocycles. The summed E-state index contributed by atoms with van der Waals surface area (Å²) < 4.78 is 6.09. The van der Waals surface area contributed by atoms with Gasteiger partial charge in [0.25, 0.3) is 5.91 Å². The zero-order chi connectivity index (χ0) is 16.8. The Balaban J connectivity index is 2.50. The number of benzene rings is 1.